The Balaban J connectivity index is 1.57. The first-order valence-electron chi connectivity index (χ1n) is 9.97. The van der Waals surface area contributed by atoms with Crippen LogP contribution in [-0.2, 0) is 31.3 Å². The number of amides is 1. The fourth-order valence-electron chi connectivity index (χ4n) is 3.82. The molecule has 0 unspecified atom stereocenters. The van der Waals surface area contributed by atoms with Crippen molar-refractivity contribution in [3.05, 3.63) is 53.6 Å². The molecular formula is C20H21F2N3O5S2. The number of carbonyl (C=O) groups excluding carboxylic acids is 1. The topological polar surface area (TPSA) is 104 Å². The van der Waals surface area contributed by atoms with Crippen LogP contribution < -0.4 is 5.32 Å². The summed E-state index contributed by atoms with van der Waals surface area (Å²) in [6.07, 6.45) is 0.688. The van der Waals surface area contributed by atoms with Crippen LogP contribution in [0.2, 0.25) is 0 Å². The molecular weight excluding hydrogens is 464 g/mol. The molecule has 0 radical (unpaired) electrons. The standard InChI is InChI=1S/C20H21F2N3O5S2/c21-15-3-5-16(6-4-15)31(27,28)24-8-1-9-25(11-10-24)32(29,30)19-12-14-2-7-20(26)23-18(14)13-17(19)22/h3-6,12-13H,1-2,7-11H2,(H,23,26). The van der Waals surface area contributed by atoms with Crippen LogP contribution in [0.5, 0.6) is 0 Å². The molecule has 32 heavy (non-hydrogen) atoms. The van der Waals surface area contributed by atoms with E-state index >= 15 is 0 Å². The molecule has 8 nitrogen and oxygen atoms in total. The maximum atomic E-state index is 14.7. The van der Waals surface area contributed by atoms with E-state index in [2.05, 4.69) is 5.32 Å². The molecule has 0 atom stereocenters. The second-order valence-corrected chi connectivity index (χ2v) is 11.4. The van der Waals surface area contributed by atoms with Crippen LogP contribution in [-0.4, -0.2) is 57.5 Å². The minimum absolute atomic E-state index is 0.0189. The summed E-state index contributed by atoms with van der Waals surface area (Å²) in [6, 6.07) is 6.64. The second-order valence-electron chi connectivity index (χ2n) is 7.60. The molecule has 12 heteroatoms. The van der Waals surface area contributed by atoms with Gasteiger partial charge in [-0.15, -0.1) is 0 Å². The van der Waals surface area contributed by atoms with Gasteiger partial charge in [0.1, 0.15) is 16.5 Å². The van der Waals surface area contributed by atoms with E-state index in [1.54, 1.807) is 0 Å². The largest absolute Gasteiger partial charge is 0.326 e. The lowest BCUT2D eigenvalue weighted by Gasteiger charge is -2.23. The van der Waals surface area contributed by atoms with E-state index in [0.717, 1.165) is 38.9 Å². The quantitative estimate of drug-likeness (QED) is 0.713. The van der Waals surface area contributed by atoms with Gasteiger partial charge in [-0.1, -0.05) is 0 Å². The highest BCUT2D eigenvalue weighted by Gasteiger charge is 2.34. The van der Waals surface area contributed by atoms with Crippen LogP contribution in [0.1, 0.15) is 18.4 Å². The van der Waals surface area contributed by atoms with E-state index in [1.807, 2.05) is 0 Å². The van der Waals surface area contributed by atoms with Crippen molar-refractivity contribution in [3.8, 4) is 0 Å². The number of rotatable bonds is 4. The predicted molar refractivity (Wildman–Crippen MR) is 112 cm³/mol. The summed E-state index contributed by atoms with van der Waals surface area (Å²) in [5, 5.41) is 2.53. The van der Waals surface area contributed by atoms with Gasteiger partial charge in [-0.05, 0) is 54.8 Å². The van der Waals surface area contributed by atoms with E-state index < -0.39 is 36.6 Å². The number of sulfonamides is 2. The summed E-state index contributed by atoms with van der Waals surface area (Å²) in [6.45, 7) is -0.187. The Labute approximate surface area is 184 Å². The summed E-state index contributed by atoms with van der Waals surface area (Å²) >= 11 is 0. The molecule has 2 aromatic rings. The fourth-order valence-corrected chi connectivity index (χ4v) is 6.86. The molecule has 0 bridgehead atoms. The number of hydrogen-bond acceptors (Lipinski definition) is 5. The summed E-state index contributed by atoms with van der Waals surface area (Å²) in [5.41, 5.74) is 0.782. The van der Waals surface area contributed by atoms with Crippen LogP contribution in [0.3, 0.4) is 0 Å². The molecule has 1 fully saturated rings. The summed E-state index contributed by atoms with van der Waals surface area (Å²) in [7, 11) is -8.16. The third kappa shape index (κ3) is 4.27. The molecule has 1 amide bonds. The van der Waals surface area contributed by atoms with Crippen molar-refractivity contribution in [3.63, 3.8) is 0 Å². The zero-order valence-corrected chi connectivity index (χ0v) is 18.6. The van der Waals surface area contributed by atoms with Crippen molar-refractivity contribution >= 4 is 31.6 Å². The van der Waals surface area contributed by atoms with Crippen LogP contribution >= 0.6 is 0 Å². The molecule has 0 saturated carbocycles. The molecule has 1 saturated heterocycles. The third-order valence-electron chi connectivity index (χ3n) is 5.54. The highest BCUT2D eigenvalue weighted by Crippen LogP contribution is 2.30. The van der Waals surface area contributed by atoms with Gasteiger partial charge in [0, 0.05) is 38.3 Å². The van der Waals surface area contributed by atoms with Gasteiger partial charge in [0.15, 0.2) is 0 Å². The van der Waals surface area contributed by atoms with E-state index in [1.165, 1.54) is 6.07 Å². The summed E-state index contributed by atoms with van der Waals surface area (Å²) < 4.78 is 82.1. The Bertz CT molecular complexity index is 1260. The van der Waals surface area contributed by atoms with Crippen molar-refractivity contribution in [2.75, 3.05) is 31.5 Å². The van der Waals surface area contributed by atoms with Crippen molar-refractivity contribution in [2.24, 2.45) is 0 Å². The SMILES string of the molecule is O=C1CCc2cc(S(=O)(=O)N3CCCN(S(=O)(=O)c4ccc(F)cc4)CC3)c(F)cc2N1. The average Bonchev–Trinajstić information content (AvgIpc) is 3.01. The Morgan fingerprint density at radius 3 is 2.09 bits per heavy atom. The molecule has 0 aromatic heterocycles. The number of benzene rings is 2. The van der Waals surface area contributed by atoms with Gasteiger partial charge >= 0.3 is 0 Å². The first-order valence-corrected chi connectivity index (χ1v) is 12.9. The molecule has 1 N–H and O–H groups in total. The lowest BCUT2D eigenvalue weighted by atomic mass is 10.0. The van der Waals surface area contributed by atoms with Gasteiger partial charge in [-0.3, -0.25) is 4.79 Å². The predicted octanol–water partition coefficient (Wildman–Crippen LogP) is 1.93. The molecule has 4 rings (SSSR count). The van der Waals surface area contributed by atoms with E-state index in [4.69, 9.17) is 0 Å². The van der Waals surface area contributed by atoms with Gasteiger partial charge in [0.05, 0.1) is 4.90 Å². The van der Waals surface area contributed by atoms with Crippen molar-refractivity contribution in [1.29, 1.82) is 0 Å². The number of nitrogens with one attached hydrogen (secondary N) is 1. The third-order valence-corrected chi connectivity index (χ3v) is 9.36. The summed E-state index contributed by atoms with van der Waals surface area (Å²) in [4.78, 5) is 10.9. The second kappa shape index (κ2) is 8.50. The molecule has 0 spiro atoms. The van der Waals surface area contributed by atoms with Gasteiger partial charge in [0.2, 0.25) is 26.0 Å². The minimum Gasteiger partial charge on any atom is -0.326 e. The zero-order valence-electron chi connectivity index (χ0n) is 16.9. The molecule has 0 aliphatic carbocycles. The van der Waals surface area contributed by atoms with Crippen LogP contribution in [0.15, 0.2) is 46.2 Å². The zero-order chi connectivity index (χ0) is 23.1. The van der Waals surface area contributed by atoms with E-state index in [-0.39, 0.29) is 55.5 Å². The highest BCUT2D eigenvalue weighted by molar-refractivity contribution is 7.89. The number of nitrogens with zero attached hydrogens (tertiary/aromatic N) is 2. The van der Waals surface area contributed by atoms with Crippen molar-refractivity contribution < 1.29 is 30.4 Å². The molecule has 2 aliphatic rings. The summed E-state index contributed by atoms with van der Waals surface area (Å²) in [5.74, 6) is -1.81. The normalized spacial score (nSPS) is 18.6. The fraction of sp³-hybridized carbons (Fsp3) is 0.350. The lowest BCUT2D eigenvalue weighted by molar-refractivity contribution is -0.116. The number of halogens is 2. The highest BCUT2D eigenvalue weighted by atomic mass is 32.2. The number of fused-ring (bicyclic) bond motifs is 1. The van der Waals surface area contributed by atoms with Crippen LogP contribution in [0.4, 0.5) is 14.5 Å². The Hall–Kier alpha value is -2.41. The van der Waals surface area contributed by atoms with Crippen molar-refractivity contribution in [2.45, 2.75) is 29.1 Å². The first-order chi connectivity index (χ1) is 15.1. The van der Waals surface area contributed by atoms with E-state index in [0.29, 0.717) is 12.0 Å². The Kier molecular flexibility index (Phi) is 6.05. The van der Waals surface area contributed by atoms with E-state index in [9.17, 15) is 30.4 Å². The van der Waals surface area contributed by atoms with Gasteiger partial charge < -0.3 is 5.32 Å². The maximum Gasteiger partial charge on any atom is 0.246 e. The van der Waals surface area contributed by atoms with Gasteiger partial charge in [-0.2, -0.15) is 8.61 Å². The molecule has 2 heterocycles. The van der Waals surface area contributed by atoms with Crippen LogP contribution in [0.25, 0.3) is 0 Å². The van der Waals surface area contributed by atoms with Gasteiger partial charge in [0.25, 0.3) is 0 Å². The number of aryl methyl sites for hydroxylation is 1. The molecule has 172 valence electrons. The number of carbonyl (C=O) groups is 1. The molecule has 2 aliphatic heterocycles. The van der Waals surface area contributed by atoms with Crippen LogP contribution in [0, 0.1) is 11.6 Å². The molecule has 2 aromatic carbocycles. The van der Waals surface area contributed by atoms with Crippen molar-refractivity contribution in [1.82, 2.24) is 8.61 Å². The first kappa shape index (κ1) is 22.8. The smallest absolute Gasteiger partial charge is 0.246 e. The maximum absolute atomic E-state index is 14.7. The van der Waals surface area contributed by atoms with Gasteiger partial charge in [-0.25, -0.2) is 25.6 Å². The minimum atomic E-state index is -4.23. The monoisotopic (exact) mass is 485 g/mol. The lowest BCUT2D eigenvalue weighted by Crippen LogP contribution is -2.37. The number of anilines is 1. The number of hydrogen-bond donors (Lipinski definition) is 1. The average molecular weight is 486 g/mol. The Morgan fingerprint density at radius 2 is 1.44 bits per heavy atom. The Morgan fingerprint density at radius 1 is 0.812 bits per heavy atom.